The first-order valence-electron chi connectivity index (χ1n) is 11.5. The van der Waals surface area contributed by atoms with Crippen LogP contribution in [0.15, 0.2) is 67.0 Å². The minimum Gasteiger partial charge on any atom is -0.491 e. The fourth-order valence-corrected chi connectivity index (χ4v) is 3.96. The van der Waals surface area contributed by atoms with Crippen molar-refractivity contribution in [3.63, 3.8) is 0 Å². The maximum atomic E-state index is 12.7. The number of ether oxygens (including phenoxy) is 3. The average molecular weight is 477 g/mol. The molecule has 0 unspecified atom stereocenters. The van der Waals surface area contributed by atoms with E-state index in [2.05, 4.69) is 23.2 Å². The second kappa shape index (κ2) is 12.1. The number of fused-ring (bicyclic) bond motifs is 3. The van der Waals surface area contributed by atoms with E-state index in [4.69, 9.17) is 19.3 Å². The van der Waals surface area contributed by atoms with E-state index >= 15 is 0 Å². The summed E-state index contributed by atoms with van der Waals surface area (Å²) in [4.78, 5) is 29.1. The number of carbonyl (C=O) groups excluding carboxylic acids is 1. The first kappa shape index (κ1) is 24.4. The fraction of sp³-hybridized carbons (Fsp3) is 0.296. The Bertz CT molecular complexity index is 1150. The number of carboxylic acid groups (broad SMARTS) is 1. The molecule has 2 heterocycles. The molecule has 8 nitrogen and oxygen atoms in total. The SMILES string of the molecule is O=C(O)COCC(=O)N1CCOCCOc2ccc(-c3ccncc3)cc2Cc2cccc(c2)C1. The lowest BCUT2D eigenvalue weighted by Crippen LogP contribution is -2.36. The Morgan fingerprint density at radius 1 is 0.943 bits per heavy atom. The predicted octanol–water partition coefficient (Wildman–Crippen LogP) is 3.18. The number of pyridine rings is 1. The minimum absolute atomic E-state index is 0.282. The highest BCUT2D eigenvalue weighted by molar-refractivity contribution is 5.78. The predicted molar refractivity (Wildman–Crippen MR) is 129 cm³/mol. The molecule has 4 rings (SSSR count). The Kier molecular flexibility index (Phi) is 8.43. The lowest BCUT2D eigenvalue weighted by molar-refractivity contribution is -0.146. The van der Waals surface area contributed by atoms with Gasteiger partial charge in [-0.3, -0.25) is 9.78 Å². The van der Waals surface area contributed by atoms with Gasteiger partial charge in [0.2, 0.25) is 5.91 Å². The first-order valence-corrected chi connectivity index (χ1v) is 11.5. The molecule has 0 saturated carbocycles. The van der Waals surface area contributed by atoms with E-state index in [0.29, 0.717) is 39.3 Å². The van der Waals surface area contributed by atoms with Crippen LogP contribution in [0.1, 0.15) is 16.7 Å². The van der Waals surface area contributed by atoms with Crippen LogP contribution in [0.5, 0.6) is 5.75 Å². The van der Waals surface area contributed by atoms with Crippen LogP contribution in [0.4, 0.5) is 0 Å². The maximum Gasteiger partial charge on any atom is 0.329 e. The Hall–Kier alpha value is -3.75. The molecule has 182 valence electrons. The quantitative estimate of drug-likeness (QED) is 0.604. The van der Waals surface area contributed by atoms with E-state index in [1.165, 1.54) is 0 Å². The fourth-order valence-electron chi connectivity index (χ4n) is 3.96. The molecule has 1 N–H and O–H groups in total. The van der Waals surface area contributed by atoms with Crippen LogP contribution < -0.4 is 4.74 Å². The monoisotopic (exact) mass is 476 g/mol. The highest BCUT2D eigenvalue weighted by Crippen LogP contribution is 2.29. The molecular weight excluding hydrogens is 448 g/mol. The Morgan fingerprint density at radius 2 is 1.77 bits per heavy atom. The number of aromatic nitrogens is 1. The highest BCUT2D eigenvalue weighted by atomic mass is 16.5. The van der Waals surface area contributed by atoms with Gasteiger partial charge in [-0.05, 0) is 52.1 Å². The number of aliphatic carboxylic acids is 1. The van der Waals surface area contributed by atoms with E-state index in [1.54, 1.807) is 17.3 Å². The van der Waals surface area contributed by atoms with Gasteiger partial charge in [-0.15, -0.1) is 0 Å². The van der Waals surface area contributed by atoms with Gasteiger partial charge in [0.15, 0.2) is 0 Å². The number of benzene rings is 2. The second-order valence-electron chi connectivity index (χ2n) is 8.22. The number of nitrogens with zero attached hydrogens (tertiary/aromatic N) is 2. The smallest absolute Gasteiger partial charge is 0.329 e. The molecule has 8 heteroatoms. The third-order valence-electron chi connectivity index (χ3n) is 5.63. The van der Waals surface area contributed by atoms with Gasteiger partial charge in [0.1, 0.15) is 25.6 Å². The summed E-state index contributed by atoms with van der Waals surface area (Å²) in [6.45, 7) is 1.05. The number of hydrogen-bond acceptors (Lipinski definition) is 6. The third-order valence-corrected chi connectivity index (χ3v) is 5.63. The summed E-state index contributed by atoms with van der Waals surface area (Å²) in [7, 11) is 0. The number of carbonyl (C=O) groups is 2. The van der Waals surface area contributed by atoms with E-state index < -0.39 is 12.6 Å². The van der Waals surface area contributed by atoms with Crippen molar-refractivity contribution < 1.29 is 28.9 Å². The van der Waals surface area contributed by atoms with Crippen molar-refractivity contribution in [2.24, 2.45) is 0 Å². The van der Waals surface area contributed by atoms with Crippen LogP contribution in [-0.4, -0.2) is 66.4 Å². The normalized spacial score (nSPS) is 14.3. The summed E-state index contributed by atoms with van der Waals surface area (Å²) in [6.07, 6.45) is 4.22. The van der Waals surface area contributed by atoms with Crippen molar-refractivity contribution in [1.82, 2.24) is 9.88 Å². The van der Waals surface area contributed by atoms with Crippen molar-refractivity contribution in [3.8, 4) is 16.9 Å². The van der Waals surface area contributed by atoms with Crippen LogP contribution in [0.2, 0.25) is 0 Å². The number of rotatable bonds is 5. The molecule has 3 aromatic rings. The number of hydrogen-bond donors (Lipinski definition) is 1. The Balaban J connectivity index is 1.57. The molecule has 0 saturated heterocycles. The maximum absolute atomic E-state index is 12.7. The van der Waals surface area contributed by atoms with Gasteiger partial charge in [0.05, 0.1) is 13.2 Å². The molecule has 0 atom stereocenters. The third kappa shape index (κ3) is 7.11. The van der Waals surface area contributed by atoms with Gasteiger partial charge in [0, 0.05) is 31.9 Å². The van der Waals surface area contributed by atoms with E-state index in [-0.39, 0.29) is 12.5 Å². The van der Waals surface area contributed by atoms with Crippen molar-refractivity contribution >= 4 is 11.9 Å². The Morgan fingerprint density at radius 3 is 2.60 bits per heavy atom. The average Bonchev–Trinajstić information content (AvgIpc) is 2.86. The summed E-state index contributed by atoms with van der Waals surface area (Å²) in [6, 6.07) is 18.2. The molecule has 1 aromatic heterocycles. The molecule has 1 aliphatic heterocycles. The lowest BCUT2D eigenvalue weighted by atomic mass is 9.97. The van der Waals surface area contributed by atoms with E-state index in [1.807, 2.05) is 36.4 Å². The van der Waals surface area contributed by atoms with Crippen LogP contribution in [-0.2, 0) is 32.0 Å². The lowest BCUT2D eigenvalue weighted by Gasteiger charge is -2.23. The van der Waals surface area contributed by atoms with Gasteiger partial charge < -0.3 is 24.2 Å². The molecular formula is C27H28N2O6. The molecule has 0 spiro atoms. The van der Waals surface area contributed by atoms with Crippen molar-refractivity contribution in [2.45, 2.75) is 13.0 Å². The summed E-state index contributed by atoms with van der Waals surface area (Å²) in [5.41, 5.74) is 5.30. The van der Waals surface area contributed by atoms with Gasteiger partial charge >= 0.3 is 5.97 Å². The summed E-state index contributed by atoms with van der Waals surface area (Å²) in [5, 5.41) is 8.75. The van der Waals surface area contributed by atoms with Gasteiger partial charge in [-0.25, -0.2) is 4.79 Å². The molecule has 0 aliphatic carbocycles. The molecule has 0 fully saturated rings. The summed E-state index contributed by atoms with van der Waals surface area (Å²) >= 11 is 0. The second-order valence-corrected chi connectivity index (χ2v) is 8.22. The van der Waals surface area contributed by atoms with Gasteiger partial charge in [-0.2, -0.15) is 0 Å². The van der Waals surface area contributed by atoms with Crippen molar-refractivity contribution in [2.75, 3.05) is 39.6 Å². The van der Waals surface area contributed by atoms with Crippen LogP contribution >= 0.6 is 0 Å². The summed E-state index contributed by atoms with van der Waals surface area (Å²) < 4.78 is 16.8. The van der Waals surface area contributed by atoms with Crippen LogP contribution in [0.3, 0.4) is 0 Å². The molecule has 2 aromatic carbocycles. The number of amides is 1. The number of carboxylic acids is 1. The summed E-state index contributed by atoms with van der Waals surface area (Å²) in [5.74, 6) is -0.570. The molecule has 35 heavy (non-hydrogen) atoms. The van der Waals surface area contributed by atoms with E-state index in [0.717, 1.165) is 33.6 Å². The van der Waals surface area contributed by atoms with Gasteiger partial charge in [-0.1, -0.05) is 30.3 Å². The van der Waals surface area contributed by atoms with Crippen LogP contribution in [0, 0.1) is 0 Å². The first-order chi connectivity index (χ1) is 17.1. The van der Waals surface area contributed by atoms with E-state index in [9.17, 15) is 9.59 Å². The molecule has 2 bridgehead atoms. The molecule has 0 radical (unpaired) electrons. The minimum atomic E-state index is -1.11. The Labute approximate surface area is 204 Å². The zero-order valence-electron chi connectivity index (χ0n) is 19.4. The zero-order valence-corrected chi connectivity index (χ0v) is 19.4. The zero-order chi connectivity index (χ0) is 24.5. The molecule has 1 aliphatic rings. The molecule has 1 amide bonds. The van der Waals surface area contributed by atoms with Crippen molar-refractivity contribution in [3.05, 3.63) is 83.7 Å². The largest absolute Gasteiger partial charge is 0.491 e. The standard InChI is InChI=1S/C27H28N2O6/c30-26(18-34-19-27(31)32)29-10-11-33-12-13-35-25-5-4-23(22-6-8-28-9-7-22)16-24(25)15-20-2-1-3-21(14-20)17-29/h1-9,14,16H,10-13,15,17-19H2,(H,31,32). The van der Waals surface area contributed by atoms with Crippen molar-refractivity contribution in [1.29, 1.82) is 0 Å². The highest BCUT2D eigenvalue weighted by Gasteiger charge is 2.16. The van der Waals surface area contributed by atoms with Gasteiger partial charge in [0.25, 0.3) is 0 Å². The van der Waals surface area contributed by atoms with Crippen LogP contribution in [0.25, 0.3) is 11.1 Å². The topological polar surface area (TPSA) is 98.2 Å².